The molecule has 2 aromatic rings. The number of furan rings is 1. The standard InChI is InChI=1S/C8H5BrN2O/c9-7-1-3-10-8(11-7)6-2-4-12-5-6/h1-5H. The van der Waals surface area contributed by atoms with E-state index in [1.54, 1.807) is 24.8 Å². The summed E-state index contributed by atoms with van der Waals surface area (Å²) in [5, 5.41) is 0. The van der Waals surface area contributed by atoms with E-state index in [0.717, 1.165) is 10.2 Å². The number of halogens is 1. The summed E-state index contributed by atoms with van der Waals surface area (Å²) >= 11 is 3.27. The minimum absolute atomic E-state index is 0.665. The Morgan fingerprint density at radius 2 is 2.25 bits per heavy atom. The van der Waals surface area contributed by atoms with Crippen LogP contribution in [0.4, 0.5) is 0 Å². The van der Waals surface area contributed by atoms with Crippen LogP contribution in [0.15, 0.2) is 39.9 Å². The fourth-order valence-electron chi connectivity index (χ4n) is 0.867. The first-order valence-corrected chi connectivity index (χ1v) is 4.17. The minimum atomic E-state index is 0.665. The van der Waals surface area contributed by atoms with Gasteiger partial charge in [-0.3, -0.25) is 0 Å². The van der Waals surface area contributed by atoms with Crippen LogP contribution in [0.25, 0.3) is 11.4 Å². The number of aromatic nitrogens is 2. The molecule has 3 nitrogen and oxygen atoms in total. The molecule has 0 saturated carbocycles. The maximum Gasteiger partial charge on any atom is 0.163 e. The van der Waals surface area contributed by atoms with E-state index in [2.05, 4.69) is 25.9 Å². The van der Waals surface area contributed by atoms with Gasteiger partial charge in [-0.2, -0.15) is 0 Å². The Bertz CT molecular complexity index is 372. The van der Waals surface area contributed by atoms with E-state index in [9.17, 15) is 0 Å². The first kappa shape index (κ1) is 7.49. The lowest BCUT2D eigenvalue weighted by Gasteiger charge is -1.93. The van der Waals surface area contributed by atoms with Gasteiger partial charge in [-0.15, -0.1) is 0 Å². The summed E-state index contributed by atoms with van der Waals surface area (Å²) < 4.78 is 5.69. The smallest absolute Gasteiger partial charge is 0.163 e. The SMILES string of the molecule is Brc1ccnc(-c2ccoc2)n1. The average Bonchev–Trinajstić information content (AvgIpc) is 2.56. The molecule has 0 aliphatic carbocycles. The second kappa shape index (κ2) is 3.06. The molecular weight excluding hydrogens is 220 g/mol. The van der Waals surface area contributed by atoms with E-state index in [0.29, 0.717) is 5.82 Å². The molecule has 12 heavy (non-hydrogen) atoms. The molecule has 4 heteroatoms. The van der Waals surface area contributed by atoms with Gasteiger partial charge in [-0.25, -0.2) is 9.97 Å². The second-order valence-corrected chi connectivity index (χ2v) is 3.03. The van der Waals surface area contributed by atoms with Crippen LogP contribution in [0.1, 0.15) is 0 Å². The van der Waals surface area contributed by atoms with Crippen molar-refractivity contribution >= 4 is 15.9 Å². The lowest BCUT2D eigenvalue weighted by Crippen LogP contribution is -1.85. The van der Waals surface area contributed by atoms with Crippen molar-refractivity contribution in [3.63, 3.8) is 0 Å². The van der Waals surface area contributed by atoms with E-state index >= 15 is 0 Å². The molecule has 2 heterocycles. The van der Waals surface area contributed by atoms with Crippen LogP contribution in [0.3, 0.4) is 0 Å². The van der Waals surface area contributed by atoms with Gasteiger partial charge in [0.2, 0.25) is 0 Å². The molecule has 0 aliphatic heterocycles. The Morgan fingerprint density at radius 3 is 2.92 bits per heavy atom. The predicted molar refractivity (Wildman–Crippen MR) is 47.4 cm³/mol. The fraction of sp³-hybridized carbons (Fsp3) is 0. The highest BCUT2D eigenvalue weighted by Gasteiger charge is 2.01. The third-order valence-corrected chi connectivity index (χ3v) is 1.84. The first-order valence-electron chi connectivity index (χ1n) is 3.37. The molecule has 0 amide bonds. The highest BCUT2D eigenvalue weighted by molar-refractivity contribution is 9.10. The van der Waals surface area contributed by atoms with Crippen LogP contribution < -0.4 is 0 Å². The van der Waals surface area contributed by atoms with Crippen molar-refractivity contribution in [1.82, 2.24) is 9.97 Å². The van der Waals surface area contributed by atoms with Crippen molar-refractivity contribution in [2.45, 2.75) is 0 Å². The molecule has 0 atom stereocenters. The molecule has 0 radical (unpaired) electrons. The van der Waals surface area contributed by atoms with Crippen LogP contribution in [0.5, 0.6) is 0 Å². The van der Waals surface area contributed by atoms with Gasteiger partial charge in [-0.05, 0) is 28.1 Å². The van der Waals surface area contributed by atoms with Crippen LogP contribution in [0, 0.1) is 0 Å². The average molecular weight is 225 g/mol. The fourth-order valence-corrected chi connectivity index (χ4v) is 1.15. The predicted octanol–water partition coefficient (Wildman–Crippen LogP) is 2.50. The molecule has 0 aromatic carbocycles. The van der Waals surface area contributed by atoms with Gasteiger partial charge in [0.25, 0.3) is 0 Å². The molecule has 0 spiro atoms. The maximum absolute atomic E-state index is 4.91. The summed E-state index contributed by atoms with van der Waals surface area (Å²) in [7, 11) is 0. The summed E-state index contributed by atoms with van der Waals surface area (Å²) in [5.74, 6) is 0.665. The molecule has 0 unspecified atom stereocenters. The molecule has 0 saturated heterocycles. The highest BCUT2D eigenvalue weighted by atomic mass is 79.9. The van der Waals surface area contributed by atoms with Gasteiger partial charge >= 0.3 is 0 Å². The molecule has 0 aliphatic rings. The summed E-state index contributed by atoms with van der Waals surface area (Å²) in [5.41, 5.74) is 0.885. The van der Waals surface area contributed by atoms with Gasteiger partial charge in [0.15, 0.2) is 5.82 Å². The van der Waals surface area contributed by atoms with E-state index in [1.807, 2.05) is 6.07 Å². The monoisotopic (exact) mass is 224 g/mol. The third kappa shape index (κ3) is 1.38. The second-order valence-electron chi connectivity index (χ2n) is 2.21. The topological polar surface area (TPSA) is 38.9 Å². The van der Waals surface area contributed by atoms with Gasteiger partial charge < -0.3 is 4.42 Å². The number of hydrogen-bond acceptors (Lipinski definition) is 3. The Morgan fingerprint density at radius 1 is 1.33 bits per heavy atom. The van der Waals surface area contributed by atoms with Crippen molar-refractivity contribution in [2.75, 3.05) is 0 Å². The van der Waals surface area contributed by atoms with Crippen molar-refractivity contribution in [3.05, 3.63) is 35.5 Å². The quantitative estimate of drug-likeness (QED) is 0.700. The minimum Gasteiger partial charge on any atom is -0.472 e. The van der Waals surface area contributed by atoms with Gasteiger partial charge in [0.05, 0.1) is 11.8 Å². The Hall–Kier alpha value is -1.16. The van der Waals surface area contributed by atoms with Crippen LogP contribution in [0.2, 0.25) is 0 Å². The normalized spacial score (nSPS) is 10.1. The van der Waals surface area contributed by atoms with Crippen LogP contribution in [-0.2, 0) is 0 Å². The number of hydrogen-bond donors (Lipinski definition) is 0. The van der Waals surface area contributed by atoms with Crippen molar-refractivity contribution < 1.29 is 4.42 Å². The third-order valence-electron chi connectivity index (χ3n) is 1.40. The molecule has 2 aromatic heterocycles. The molecule has 0 fully saturated rings. The zero-order valence-corrected chi connectivity index (χ0v) is 7.65. The molecule has 0 N–H and O–H groups in total. The lowest BCUT2D eigenvalue weighted by atomic mass is 10.3. The summed E-state index contributed by atoms with van der Waals surface area (Å²) in [6.45, 7) is 0. The van der Waals surface area contributed by atoms with Crippen LogP contribution in [-0.4, -0.2) is 9.97 Å². The van der Waals surface area contributed by atoms with Crippen LogP contribution >= 0.6 is 15.9 Å². The molecule has 0 bridgehead atoms. The Kier molecular flexibility index (Phi) is 1.91. The molecular formula is C8H5BrN2O. The summed E-state index contributed by atoms with van der Waals surface area (Å²) in [4.78, 5) is 8.24. The number of nitrogens with zero attached hydrogens (tertiary/aromatic N) is 2. The van der Waals surface area contributed by atoms with Gasteiger partial charge in [0.1, 0.15) is 10.9 Å². The highest BCUT2D eigenvalue weighted by Crippen LogP contribution is 2.16. The van der Waals surface area contributed by atoms with Gasteiger partial charge in [-0.1, -0.05) is 0 Å². The van der Waals surface area contributed by atoms with Gasteiger partial charge in [0, 0.05) is 6.20 Å². The molecule has 2 rings (SSSR count). The Labute approximate surface area is 77.6 Å². The number of rotatable bonds is 1. The van der Waals surface area contributed by atoms with Crippen molar-refractivity contribution in [3.8, 4) is 11.4 Å². The Balaban J connectivity index is 2.48. The zero-order chi connectivity index (χ0) is 8.39. The summed E-state index contributed by atoms with van der Waals surface area (Å²) in [6, 6.07) is 3.60. The summed E-state index contributed by atoms with van der Waals surface area (Å²) in [6.07, 6.45) is 4.90. The zero-order valence-electron chi connectivity index (χ0n) is 6.07. The van der Waals surface area contributed by atoms with E-state index in [1.165, 1.54) is 0 Å². The first-order chi connectivity index (χ1) is 5.86. The van der Waals surface area contributed by atoms with E-state index < -0.39 is 0 Å². The largest absolute Gasteiger partial charge is 0.472 e. The lowest BCUT2D eigenvalue weighted by molar-refractivity contribution is 0.568. The molecule has 60 valence electrons. The van der Waals surface area contributed by atoms with E-state index in [-0.39, 0.29) is 0 Å². The van der Waals surface area contributed by atoms with Crippen molar-refractivity contribution in [2.24, 2.45) is 0 Å². The maximum atomic E-state index is 4.91. The van der Waals surface area contributed by atoms with Crippen molar-refractivity contribution in [1.29, 1.82) is 0 Å². The van der Waals surface area contributed by atoms with E-state index in [4.69, 9.17) is 4.42 Å².